The fraction of sp³-hybridized carbons (Fsp3) is 0.294. The molecule has 0 atom stereocenters. The van der Waals surface area contributed by atoms with E-state index in [-0.39, 0.29) is 5.41 Å². The van der Waals surface area contributed by atoms with Gasteiger partial charge in [0.05, 0.1) is 7.11 Å². The quantitative estimate of drug-likeness (QED) is 0.786. The molecular weight excluding hydrogens is 236 g/mol. The molecule has 19 heavy (non-hydrogen) atoms. The second-order valence-corrected chi connectivity index (χ2v) is 5.55. The number of methoxy groups -OCH3 is 1. The molecule has 0 aliphatic carbocycles. The van der Waals surface area contributed by atoms with E-state index < -0.39 is 0 Å². The molecule has 2 rings (SSSR count). The van der Waals surface area contributed by atoms with Crippen LogP contribution in [0.25, 0.3) is 0 Å². The Morgan fingerprint density at radius 2 is 1.11 bits per heavy atom. The highest BCUT2D eigenvalue weighted by Gasteiger charge is 2.13. The van der Waals surface area contributed by atoms with Gasteiger partial charge in [0.25, 0.3) is 0 Å². The predicted octanol–water partition coefficient (Wildman–Crippen LogP) is 4.79. The molecule has 2 heteroatoms. The Balaban J connectivity index is 2.10. The first-order valence-electron chi connectivity index (χ1n) is 6.41. The second kappa shape index (κ2) is 5.35. The van der Waals surface area contributed by atoms with Gasteiger partial charge in [-0.15, -0.1) is 0 Å². The molecule has 2 aromatic carbocycles. The van der Waals surface area contributed by atoms with Gasteiger partial charge in [0.1, 0.15) is 17.2 Å². The van der Waals surface area contributed by atoms with Crippen LogP contribution in [0.15, 0.2) is 48.5 Å². The van der Waals surface area contributed by atoms with E-state index >= 15 is 0 Å². The molecule has 0 spiro atoms. The molecule has 0 amide bonds. The maximum absolute atomic E-state index is 5.79. The minimum absolute atomic E-state index is 0.165. The van der Waals surface area contributed by atoms with E-state index in [1.165, 1.54) is 5.56 Å². The minimum atomic E-state index is 0.165. The van der Waals surface area contributed by atoms with E-state index in [4.69, 9.17) is 9.47 Å². The average molecular weight is 256 g/mol. The molecule has 0 saturated heterocycles. The number of rotatable bonds is 3. The summed E-state index contributed by atoms with van der Waals surface area (Å²) in [5.74, 6) is 2.48. The van der Waals surface area contributed by atoms with Gasteiger partial charge in [-0.3, -0.25) is 0 Å². The third-order valence-electron chi connectivity index (χ3n) is 3.02. The van der Waals surface area contributed by atoms with Crippen LogP contribution in [-0.4, -0.2) is 7.11 Å². The van der Waals surface area contributed by atoms with Crippen molar-refractivity contribution in [1.82, 2.24) is 0 Å². The lowest BCUT2D eigenvalue weighted by molar-refractivity contribution is 0.413. The van der Waals surface area contributed by atoms with Gasteiger partial charge in [0.15, 0.2) is 0 Å². The van der Waals surface area contributed by atoms with Gasteiger partial charge in [0.2, 0.25) is 0 Å². The van der Waals surface area contributed by atoms with Crippen molar-refractivity contribution < 1.29 is 9.47 Å². The van der Waals surface area contributed by atoms with Gasteiger partial charge in [-0.05, 0) is 47.4 Å². The highest BCUT2D eigenvalue weighted by Crippen LogP contribution is 2.27. The topological polar surface area (TPSA) is 18.5 Å². The molecule has 0 N–H and O–H groups in total. The lowest BCUT2D eigenvalue weighted by Gasteiger charge is -2.19. The standard InChI is InChI=1S/C17H20O2/c1-17(2,3)13-5-7-15(8-6-13)19-16-11-9-14(18-4)10-12-16/h5-12H,1-4H3. The molecule has 0 unspecified atom stereocenters. The Morgan fingerprint density at radius 1 is 0.684 bits per heavy atom. The van der Waals surface area contributed by atoms with Gasteiger partial charge in [-0.25, -0.2) is 0 Å². The van der Waals surface area contributed by atoms with E-state index in [0.29, 0.717) is 0 Å². The van der Waals surface area contributed by atoms with E-state index in [1.54, 1.807) is 7.11 Å². The van der Waals surface area contributed by atoms with Crippen LogP contribution < -0.4 is 9.47 Å². The van der Waals surface area contributed by atoms with Crippen molar-refractivity contribution in [2.45, 2.75) is 26.2 Å². The van der Waals surface area contributed by atoms with E-state index in [9.17, 15) is 0 Å². The van der Waals surface area contributed by atoms with Crippen molar-refractivity contribution in [3.8, 4) is 17.2 Å². The maximum atomic E-state index is 5.79. The first-order chi connectivity index (χ1) is 8.99. The lowest BCUT2D eigenvalue weighted by atomic mass is 9.87. The lowest BCUT2D eigenvalue weighted by Crippen LogP contribution is -2.10. The number of hydrogen-bond acceptors (Lipinski definition) is 2. The summed E-state index contributed by atoms with van der Waals surface area (Å²) in [6.45, 7) is 6.60. The summed E-state index contributed by atoms with van der Waals surface area (Å²) in [7, 11) is 1.65. The van der Waals surface area contributed by atoms with Crippen LogP contribution >= 0.6 is 0 Å². The summed E-state index contributed by atoms with van der Waals surface area (Å²) in [6.07, 6.45) is 0. The molecule has 0 fully saturated rings. The summed E-state index contributed by atoms with van der Waals surface area (Å²) in [5, 5.41) is 0. The third-order valence-corrected chi connectivity index (χ3v) is 3.02. The number of hydrogen-bond donors (Lipinski definition) is 0. The Labute approximate surface area is 115 Å². The minimum Gasteiger partial charge on any atom is -0.497 e. The SMILES string of the molecule is COc1ccc(Oc2ccc(C(C)(C)C)cc2)cc1. The summed E-state index contributed by atoms with van der Waals surface area (Å²) in [5.41, 5.74) is 1.47. The predicted molar refractivity (Wildman–Crippen MR) is 78.2 cm³/mol. The zero-order chi connectivity index (χ0) is 13.9. The third kappa shape index (κ3) is 3.50. The second-order valence-electron chi connectivity index (χ2n) is 5.55. The van der Waals surface area contributed by atoms with Gasteiger partial charge in [0, 0.05) is 0 Å². The number of ether oxygens (including phenoxy) is 2. The molecule has 0 saturated carbocycles. The number of benzene rings is 2. The van der Waals surface area contributed by atoms with Crippen LogP contribution in [0.3, 0.4) is 0 Å². The smallest absolute Gasteiger partial charge is 0.127 e. The van der Waals surface area contributed by atoms with Crippen LogP contribution in [-0.2, 0) is 5.41 Å². The molecule has 0 aliphatic rings. The summed E-state index contributed by atoms with van der Waals surface area (Å²) >= 11 is 0. The first kappa shape index (κ1) is 13.5. The molecule has 100 valence electrons. The van der Waals surface area contributed by atoms with Gasteiger partial charge < -0.3 is 9.47 Å². The van der Waals surface area contributed by atoms with E-state index in [0.717, 1.165) is 17.2 Å². The normalized spacial score (nSPS) is 11.2. The fourth-order valence-electron chi connectivity index (χ4n) is 1.80. The average Bonchev–Trinajstić information content (AvgIpc) is 2.39. The maximum Gasteiger partial charge on any atom is 0.127 e. The van der Waals surface area contributed by atoms with Crippen molar-refractivity contribution in [2.75, 3.05) is 7.11 Å². The Kier molecular flexibility index (Phi) is 3.79. The molecular formula is C17H20O2. The summed E-state index contributed by atoms with van der Waals surface area (Å²) in [4.78, 5) is 0. The zero-order valence-electron chi connectivity index (χ0n) is 11.9. The zero-order valence-corrected chi connectivity index (χ0v) is 11.9. The Morgan fingerprint density at radius 3 is 1.53 bits per heavy atom. The van der Waals surface area contributed by atoms with Crippen LogP contribution in [0.5, 0.6) is 17.2 Å². The molecule has 0 aliphatic heterocycles. The van der Waals surface area contributed by atoms with Crippen LogP contribution in [0, 0.1) is 0 Å². The van der Waals surface area contributed by atoms with E-state index in [1.807, 2.05) is 36.4 Å². The highest BCUT2D eigenvalue weighted by molar-refractivity contribution is 5.37. The van der Waals surface area contributed by atoms with Crippen LogP contribution in [0.2, 0.25) is 0 Å². The molecule has 2 nitrogen and oxygen atoms in total. The van der Waals surface area contributed by atoms with E-state index in [2.05, 4.69) is 32.9 Å². The summed E-state index contributed by atoms with van der Waals surface area (Å²) < 4.78 is 10.9. The van der Waals surface area contributed by atoms with Crippen molar-refractivity contribution >= 4 is 0 Å². The van der Waals surface area contributed by atoms with Crippen molar-refractivity contribution in [3.05, 3.63) is 54.1 Å². The van der Waals surface area contributed by atoms with Gasteiger partial charge >= 0.3 is 0 Å². The van der Waals surface area contributed by atoms with Gasteiger partial charge in [-0.1, -0.05) is 32.9 Å². The molecule has 0 bridgehead atoms. The molecule has 0 aromatic heterocycles. The van der Waals surface area contributed by atoms with Crippen molar-refractivity contribution in [3.63, 3.8) is 0 Å². The summed E-state index contributed by atoms with van der Waals surface area (Å²) in [6, 6.07) is 15.8. The largest absolute Gasteiger partial charge is 0.497 e. The van der Waals surface area contributed by atoms with Crippen LogP contribution in [0.4, 0.5) is 0 Å². The van der Waals surface area contributed by atoms with Gasteiger partial charge in [-0.2, -0.15) is 0 Å². The van der Waals surface area contributed by atoms with Crippen molar-refractivity contribution in [1.29, 1.82) is 0 Å². The van der Waals surface area contributed by atoms with Crippen molar-refractivity contribution in [2.24, 2.45) is 0 Å². The van der Waals surface area contributed by atoms with Crippen LogP contribution in [0.1, 0.15) is 26.3 Å². The Bertz CT molecular complexity index is 519. The highest BCUT2D eigenvalue weighted by atomic mass is 16.5. The molecule has 0 radical (unpaired) electrons. The fourth-order valence-corrected chi connectivity index (χ4v) is 1.80. The first-order valence-corrected chi connectivity index (χ1v) is 6.41. The molecule has 0 heterocycles. The molecule has 2 aromatic rings. The monoisotopic (exact) mass is 256 g/mol. The Hall–Kier alpha value is -1.96.